The molecular formula is C61H79N3O7. The number of nitrogens with two attached hydrogens (primary N) is 1. The van der Waals surface area contributed by atoms with Crippen LogP contribution < -0.4 is 5.73 Å². The summed E-state index contributed by atoms with van der Waals surface area (Å²) < 4.78 is 0. The second-order valence-electron chi connectivity index (χ2n) is 22.1. The fraction of sp³-hybridized carbons (Fsp3) is 0.508. The fourth-order valence-corrected chi connectivity index (χ4v) is 12.9. The second kappa shape index (κ2) is 23.4. The predicted molar refractivity (Wildman–Crippen MR) is 283 cm³/mol. The third-order valence-electron chi connectivity index (χ3n) is 16.7. The Morgan fingerprint density at radius 1 is 0.831 bits per heavy atom. The molecule has 10 heteroatoms. The zero-order valence-electron chi connectivity index (χ0n) is 42.2. The number of unbranched alkanes of at least 4 members (excludes halogenated alkanes) is 3. The third-order valence-corrected chi connectivity index (χ3v) is 16.7. The summed E-state index contributed by atoms with van der Waals surface area (Å²) >= 11 is 0. The molecule has 2 saturated carbocycles. The minimum Gasteiger partial charge on any atom is -0.508 e. The summed E-state index contributed by atoms with van der Waals surface area (Å²) in [6.45, 7) is 6.54. The van der Waals surface area contributed by atoms with Gasteiger partial charge in [0.15, 0.2) is 0 Å². The number of carbonyl (C=O) groups is 1. The summed E-state index contributed by atoms with van der Waals surface area (Å²) in [4.78, 5) is 21.4. The first-order valence-corrected chi connectivity index (χ1v) is 26.8. The lowest BCUT2D eigenvalue weighted by molar-refractivity contribution is -0.150. The van der Waals surface area contributed by atoms with Gasteiger partial charge in [0, 0.05) is 52.9 Å². The molecule has 0 spiro atoms. The van der Waals surface area contributed by atoms with E-state index < -0.39 is 23.6 Å². The number of carboxylic acid groups (broad SMARTS) is 1. The summed E-state index contributed by atoms with van der Waals surface area (Å²) in [5, 5.41) is 69.8. The maximum atomic E-state index is 13.3. The van der Waals surface area contributed by atoms with Crippen molar-refractivity contribution in [1.29, 1.82) is 0 Å². The van der Waals surface area contributed by atoms with E-state index in [-0.39, 0.29) is 60.0 Å². The van der Waals surface area contributed by atoms with Gasteiger partial charge in [-0.25, -0.2) is 4.98 Å². The average molecular weight is 966 g/mol. The van der Waals surface area contributed by atoms with Crippen molar-refractivity contribution in [3.63, 3.8) is 0 Å². The summed E-state index contributed by atoms with van der Waals surface area (Å²) in [6.07, 6.45) is 17.1. The number of nitrogens with one attached hydrogen (secondary N) is 1. The number of aromatic nitrogens is 2. The summed E-state index contributed by atoms with van der Waals surface area (Å²) in [5.41, 5.74) is 13.1. The van der Waals surface area contributed by atoms with Gasteiger partial charge in [-0.3, -0.25) is 4.79 Å². The summed E-state index contributed by atoms with van der Waals surface area (Å²) in [7, 11) is 0. The van der Waals surface area contributed by atoms with Gasteiger partial charge in [-0.2, -0.15) is 0 Å². The molecule has 5 aromatic rings. The number of fused-ring (bicyclic) bond motifs is 1. The molecule has 3 aliphatic carbocycles. The number of pyridine rings is 1. The number of carboxylic acids is 1. The van der Waals surface area contributed by atoms with E-state index in [1.54, 1.807) is 12.3 Å². The number of H-pyrrole nitrogens is 1. The predicted octanol–water partition coefficient (Wildman–Crippen LogP) is 12.5. The van der Waals surface area contributed by atoms with Gasteiger partial charge in [-0.1, -0.05) is 120 Å². The second-order valence-corrected chi connectivity index (χ2v) is 22.1. The van der Waals surface area contributed by atoms with Gasteiger partial charge >= 0.3 is 5.97 Å². The van der Waals surface area contributed by atoms with Gasteiger partial charge in [0.25, 0.3) is 0 Å². The van der Waals surface area contributed by atoms with Gasteiger partial charge in [-0.15, -0.1) is 0 Å². The van der Waals surface area contributed by atoms with E-state index in [9.17, 15) is 35.4 Å². The fourth-order valence-electron chi connectivity index (χ4n) is 12.9. The molecule has 10 unspecified atom stereocenters. The number of aliphatic carboxylic acids is 1. The van der Waals surface area contributed by atoms with Crippen molar-refractivity contribution in [1.82, 2.24) is 9.97 Å². The number of nitrogen functional groups attached to an aromatic ring is 1. The number of aliphatic hydroxyl groups excluding tert-OH is 2. The van der Waals surface area contributed by atoms with Crippen molar-refractivity contribution in [3.8, 4) is 33.9 Å². The zero-order chi connectivity index (χ0) is 50.2. The number of phenols is 2. The van der Waals surface area contributed by atoms with Gasteiger partial charge in [0.05, 0.1) is 29.4 Å². The Morgan fingerprint density at radius 2 is 1.59 bits per heavy atom. The van der Waals surface area contributed by atoms with E-state index in [4.69, 9.17) is 5.73 Å². The maximum Gasteiger partial charge on any atom is 0.309 e. The molecule has 2 heterocycles. The Balaban J connectivity index is 1.15. The quantitative estimate of drug-likeness (QED) is 0.0312. The molecule has 0 saturated heterocycles. The van der Waals surface area contributed by atoms with Crippen molar-refractivity contribution < 1.29 is 35.4 Å². The van der Waals surface area contributed by atoms with Crippen molar-refractivity contribution in [2.45, 2.75) is 160 Å². The van der Waals surface area contributed by atoms with E-state index in [1.807, 2.05) is 30.3 Å². The van der Waals surface area contributed by atoms with Crippen LogP contribution in [-0.4, -0.2) is 64.4 Å². The highest BCUT2D eigenvalue weighted by molar-refractivity contribution is 5.85. The lowest BCUT2D eigenvalue weighted by Crippen LogP contribution is -2.42. The van der Waals surface area contributed by atoms with Crippen molar-refractivity contribution in [2.75, 3.05) is 5.73 Å². The number of nitrogens with zero attached hydrogens (tertiary/aromatic N) is 1. The lowest BCUT2D eigenvalue weighted by Gasteiger charge is -2.39. The van der Waals surface area contributed by atoms with E-state index in [2.05, 4.69) is 85.4 Å². The van der Waals surface area contributed by atoms with Crippen LogP contribution in [0.25, 0.3) is 22.4 Å². The minimum atomic E-state index is -1.21. The normalized spacial score (nSPS) is 26.9. The highest BCUT2D eigenvalue weighted by Crippen LogP contribution is 2.54. The number of hydrogen-bond donors (Lipinski definition) is 8. The molecule has 9 N–H and O–H groups in total. The van der Waals surface area contributed by atoms with Crippen LogP contribution >= 0.6 is 0 Å². The zero-order valence-corrected chi connectivity index (χ0v) is 42.2. The van der Waals surface area contributed by atoms with Gasteiger partial charge in [-0.05, 0) is 147 Å². The minimum absolute atomic E-state index is 0.00622. The number of hydrogen-bond acceptors (Lipinski definition) is 8. The molecule has 3 aliphatic rings. The van der Waals surface area contributed by atoms with Crippen LogP contribution in [0.3, 0.4) is 0 Å². The molecule has 10 nitrogen and oxygen atoms in total. The van der Waals surface area contributed by atoms with Gasteiger partial charge < -0.3 is 41.4 Å². The van der Waals surface area contributed by atoms with E-state index in [1.165, 1.54) is 30.9 Å². The molecule has 0 bridgehead atoms. The van der Waals surface area contributed by atoms with Crippen LogP contribution in [0.1, 0.15) is 157 Å². The van der Waals surface area contributed by atoms with E-state index in [0.29, 0.717) is 73.7 Å². The Kier molecular flexibility index (Phi) is 17.1. The molecule has 71 heavy (non-hydrogen) atoms. The van der Waals surface area contributed by atoms with Crippen LogP contribution in [0.4, 0.5) is 5.82 Å². The Hall–Kier alpha value is -5.42. The number of benzene rings is 3. The third kappa shape index (κ3) is 12.6. The molecule has 0 radical (unpaired) electrons. The van der Waals surface area contributed by atoms with E-state index >= 15 is 0 Å². The van der Waals surface area contributed by atoms with Crippen LogP contribution in [0.15, 0.2) is 103 Å². The molecule has 10 atom stereocenters. The number of phenolic OH excluding ortho intramolecular Hbond substituents is 2. The van der Waals surface area contributed by atoms with E-state index in [0.717, 1.165) is 65.7 Å². The summed E-state index contributed by atoms with van der Waals surface area (Å²) in [5.74, 6) is -1.44. The number of aliphatic hydroxyl groups is 3. The van der Waals surface area contributed by atoms with Crippen molar-refractivity contribution in [2.24, 2.45) is 35.5 Å². The van der Waals surface area contributed by atoms with Crippen molar-refractivity contribution >= 4 is 11.8 Å². The number of aromatic amines is 1. The van der Waals surface area contributed by atoms with Crippen LogP contribution in [0.2, 0.25) is 0 Å². The maximum absolute atomic E-state index is 13.3. The lowest BCUT2D eigenvalue weighted by atomic mass is 9.69. The first-order valence-electron chi connectivity index (χ1n) is 26.8. The topological polar surface area (TPSA) is 193 Å². The average Bonchev–Trinajstić information content (AvgIpc) is 3.92. The van der Waals surface area contributed by atoms with Gasteiger partial charge in [0.2, 0.25) is 0 Å². The Morgan fingerprint density at radius 3 is 2.31 bits per heavy atom. The smallest absolute Gasteiger partial charge is 0.309 e. The Labute approximate surface area is 421 Å². The van der Waals surface area contributed by atoms with Crippen LogP contribution in [0.5, 0.6) is 11.5 Å². The number of anilines is 1. The number of rotatable bonds is 18. The molecule has 0 aliphatic heterocycles. The van der Waals surface area contributed by atoms with Gasteiger partial charge in [0.1, 0.15) is 17.3 Å². The van der Waals surface area contributed by atoms with Crippen molar-refractivity contribution in [3.05, 3.63) is 131 Å². The molecule has 3 aromatic carbocycles. The molecule has 2 fully saturated rings. The highest BCUT2D eigenvalue weighted by atomic mass is 16.4. The molecule has 8 rings (SSSR count). The summed E-state index contributed by atoms with van der Waals surface area (Å²) in [6, 6.07) is 27.7. The standard InChI is InChI=1S/C61H79N3O7/c1-4-5-7-12-39-19-22-45(55(67)32-39)15-10-11-16-46-23-24-48(52-31-42(29-41-26-28-63-57(62)33-41)37-61(52,71)27-25-54(66)58(46)60(69)70)53-36-49(44-13-8-6-9-14-44)59(64-53)51-34-47(65)35-56(68)50(51)30-40-17-20-43(21-18-40)38(2)3/h6,8-9,13-14,17-22,26,28,33-36,38-39,42,45-46,48,52,54-55,58,64-68,71H,4-5,7,10-12,15-16,23-25,27,29-32,37H2,1-3H3,(H2,62,63)(H,69,70). The molecule has 2 aromatic heterocycles. The van der Waals surface area contributed by atoms with Crippen LogP contribution in [0, 0.1) is 35.5 Å². The highest BCUT2D eigenvalue weighted by Gasteiger charge is 2.51. The molecular weight excluding hydrogens is 887 g/mol. The monoisotopic (exact) mass is 966 g/mol. The first kappa shape index (κ1) is 51.9. The van der Waals surface area contributed by atoms with Crippen LogP contribution in [-0.2, 0) is 17.6 Å². The Bertz CT molecular complexity index is 2550. The molecule has 0 amide bonds. The number of aromatic hydroxyl groups is 2. The number of allylic oxidation sites excluding steroid dienone is 1. The molecule has 380 valence electrons. The first-order chi connectivity index (χ1) is 34.2. The largest absolute Gasteiger partial charge is 0.508 e. The SMILES string of the molecule is CCCCCC1C=CC(CCCCC2CCC(c3cc(-c4ccccc4)c(-c4cc(O)cc(O)c4Cc4ccc(C(C)C)cc4)[nH]3)C3CC(Cc4ccnc(N)c4)CC3(O)CCC(O)C2C(=O)O)C(O)C1.